The Balaban J connectivity index is 1.52. The second kappa shape index (κ2) is 8.62. The first kappa shape index (κ1) is 20.2. The number of hydrogen-bond donors (Lipinski definition) is 0. The fraction of sp³-hybridized carbons (Fsp3) is 0.353. The molecule has 1 saturated heterocycles. The Labute approximate surface area is 174 Å². The van der Waals surface area contributed by atoms with Crippen LogP contribution in [0.3, 0.4) is 0 Å². The second-order valence-electron chi connectivity index (χ2n) is 5.98. The summed E-state index contributed by atoms with van der Waals surface area (Å²) in [6, 6.07) is 10.4. The van der Waals surface area contributed by atoms with Crippen LogP contribution in [-0.2, 0) is 10.0 Å². The van der Waals surface area contributed by atoms with Crippen molar-refractivity contribution in [1.29, 1.82) is 0 Å². The van der Waals surface area contributed by atoms with E-state index in [1.165, 1.54) is 15.6 Å². The van der Waals surface area contributed by atoms with Gasteiger partial charge in [0.15, 0.2) is 5.78 Å². The molecule has 9 heteroatoms. The number of benzene rings is 1. The van der Waals surface area contributed by atoms with Gasteiger partial charge in [-0.25, -0.2) is 8.42 Å². The molecule has 1 aliphatic rings. The minimum atomic E-state index is -3.46. The molecule has 0 aliphatic carbocycles. The molecule has 0 spiro atoms. The summed E-state index contributed by atoms with van der Waals surface area (Å²) >= 11 is 8.13. The number of sulfonamides is 1. The molecule has 0 radical (unpaired) electrons. The number of Topliss-reactive ketones (excluding diaryl/α,β-unsaturated/α-hetero) is 1. The molecule has 3 rings (SSSR count). The van der Waals surface area contributed by atoms with Crippen LogP contribution in [0.1, 0.15) is 16.1 Å². The zero-order valence-electron chi connectivity index (χ0n) is 13.9. The largest absolute Gasteiger partial charge is 0.300 e. The lowest BCUT2D eigenvalue weighted by atomic mass is 10.2. The lowest BCUT2D eigenvalue weighted by molar-refractivity contribution is 0.0956. The smallest absolute Gasteiger partial charge is 0.243 e. The van der Waals surface area contributed by atoms with Crippen molar-refractivity contribution < 1.29 is 13.2 Å². The number of carbonyl (C=O) groups excluding carboxylic acids is 1. The predicted molar refractivity (Wildman–Crippen MR) is 110 cm³/mol. The fourth-order valence-corrected chi connectivity index (χ4v) is 5.84. The van der Waals surface area contributed by atoms with Gasteiger partial charge in [0.2, 0.25) is 10.0 Å². The van der Waals surface area contributed by atoms with Gasteiger partial charge in [0.05, 0.1) is 13.6 Å². The van der Waals surface area contributed by atoms with Crippen LogP contribution >= 0.6 is 43.2 Å². The molecule has 140 valence electrons. The molecule has 26 heavy (non-hydrogen) atoms. The maximum absolute atomic E-state index is 12.7. The number of halogens is 2. The first-order chi connectivity index (χ1) is 12.4. The molecule has 0 amide bonds. The fourth-order valence-electron chi connectivity index (χ4n) is 2.80. The summed E-state index contributed by atoms with van der Waals surface area (Å²) < 4.78 is 28.7. The minimum Gasteiger partial charge on any atom is -0.300 e. The van der Waals surface area contributed by atoms with Gasteiger partial charge in [-0.15, -0.1) is 11.3 Å². The third-order valence-corrected chi connectivity index (χ3v) is 8.39. The van der Waals surface area contributed by atoms with Crippen LogP contribution in [0.5, 0.6) is 0 Å². The predicted octanol–water partition coefficient (Wildman–Crippen LogP) is 3.85. The van der Waals surface area contributed by atoms with E-state index in [0.29, 0.717) is 44.0 Å². The molecular formula is C17H18Br2N2O3S2. The molecule has 0 saturated carbocycles. The van der Waals surface area contributed by atoms with Gasteiger partial charge < -0.3 is 4.90 Å². The highest BCUT2D eigenvalue weighted by atomic mass is 79.9. The number of carbonyl (C=O) groups is 1. The molecule has 0 unspecified atom stereocenters. The molecular weight excluding hydrogens is 504 g/mol. The maximum atomic E-state index is 12.7. The molecule has 2 heterocycles. The Morgan fingerprint density at radius 3 is 2.23 bits per heavy atom. The van der Waals surface area contributed by atoms with Crippen molar-refractivity contribution in [3.8, 4) is 0 Å². The van der Waals surface area contributed by atoms with E-state index in [1.54, 1.807) is 24.3 Å². The van der Waals surface area contributed by atoms with E-state index in [1.807, 2.05) is 12.1 Å². The topological polar surface area (TPSA) is 57.7 Å². The number of hydrogen-bond acceptors (Lipinski definition) is 5. The normalized spacial score (nSPS) is 16.7. The quantitative estimate of drug-likeness (QED) is 0.542. The van der Waals surface area contributed by atoms with E-state index in [9.17, 15) is 13.2 Å². The SMILES string of the molecule is O=C(CCN1CCN(S(=O)(=O)c2ccc(Br)cc2)CC1)c1ccc(Br)s1. The lowest BCUT2D eigenvalue weighted by Gasteiger charge is -2.33. The number of rotatable bonds is 6. The zero-order valence-corrected chi connectivity index (χ0v) is 18.7. The summed E-state index contributed by atoms with van der Waals surface area (Å²) in [5, 5.41) is 0. The minimum absolute atomic E-state index is 0.130. The van der Waals surface area contributed by atoms with Crippen molar-refractivity contribution in [3.05, 3.63) is 49.5 Å². The van der Waals surface area contributed by atoms with E-state index in [-0.39, 0.29) is 5.78 Å². The van der Waals surface area contributed by atoms with Crippen LogP contribution in [0.15, 0.2) is 49.6 Å². The Hall–Kier alpha value is -0.580. The van der Waals surface area contributed by atoms with E-state index in [4.69, 9.17) is 0 Å². The van der Waals surface area contributed by atoms with E-state index in [0.717, 1.165) is 13.1 Å². The summed E-state index contributed by atoms with van der Waals surface area (Å²) in [5.74, 6) is 0.130. The lowest BCUT2D eigenvalue weighted by Crippen LogP contribution is -2.48. The number of piperazine rings is 1. The molecule has 0 atom stereocenters. The average molecular weight is 522 g/mol. The molecule has 5 nitrogen and oxygen atoms in total. The zero-order chi connectivity index (χ0) is 18.7. The molecule has 1 aliphatic heterocycles. The molecule has 1 fully saturated rings. The van der Waals surface area contributed by atoms with Gasteiger partial charge in [0.1, 0.15) is 0 Å². The highest BCUT2D eigenvalue weighted by Gasteiger charge is 2.28. The summed E-state index contributed by atoms with van der Waals surface area (Å²) in [5.41, 5.74) is 0. The van der Waals surface area contributed by atoms with Crippen molar-refractivity contribution in [2.45, 2.75) is 11.3 Å². The maximum Gasteiger partial charge on any atom is 0.243 e. The van der Waals surface area contributed by atoms with Crippen molar-refractivity contribution in [3.63, 3.8) is 0 Å². The van der Waals surface area contributed by atoms with Gasteiger partial charge in [-0.2, -0.15) is 4.31 Å². The van der Waals surface area contributed by atoms with Crippen molar-refractivity contribution in [2.75, 3.05) is 32.7 Å². The first-order valence-corrected chi connectivity index (χ1v) is 12.0. The van der Waals surface area contributed by atoms with E-state index >= 15 is 0 Å². The number of ketones is 1. The van der Waals surface area contributed by atoms with Crippen LogP contribution < -0.4 is 0 Å². The average Bonchev–Trinajstić information content (AvgIpc) is 3.07. The van der Waals surface area contributed by atoms with E-state index < -0.39 is 10.0 Å². The van der Waals surface area contributed by atoms with Gasteiger partial charge in [0, 0.05) is 43.6 Å². The van der Waals surface area contributed by atoms with Crippen molar-refractivity contribution in [2.24, 2.45) is 0 Å². The van der Waals surface area contributed by atoms with Gasteiger partial charge in [-0.3, -0.25) is 4.79 Å². The Kier molecular flexibility index (Phi) is 6.68. The highest BCUT2D eigenvalue weighted by molar-refractivity contribution is 9.11. The summed E-state index contributed by atoms with van der Waals surface area (Å²) in [7, 11) is -3.46. The Morgan fingerprint density at radius 2 is 1.65 bits per heavy atom. The molecule has 1 aromatic heterocycles. The van der Waals surface area contributed by atoms with Crippen LogP contribution in [0.2, 0.25) is 0 Å². The third-order valence-electron chi connectivity index (χ3n) is 4.29. The van der Waals surface area contributed by atoms with Crippen LogP contribution in [0, 0.1) is 0 Å². The Morgan fingerprint density at radius 1 is 1.00 bits per heavy atom. The van der Waals surface area contributed by atoms with Gasteiger partial charge in [0.25, 0.3) is 0 Å². The summed E-state index contributed by atoms with van der Waals surface area (Å²) in [6.45, 7) is 2.81. The third kappa shape index (κ3) is 4.82. The van der Waals surface area contributed by atoms with E-state index in [2.05, 4.69) is 36.8 Å². The van der Waals surface area contributed by atoms with Gasteiger partial charge >= 0.3 is 0 Å². The van der Waals surface area contributed by atoms with Crippen LogP contribution in [-0.4, -0.2) is 56.1 Å². The van der Waals surface area contributed by atoms with Crippen molar-refractivity contribution in [1.82, 2.24) is 9.21 Å². The van der Waals surface area contributed by atoms with Crippen LogP contribution in [0.25, 0.3) is 0 Å². The monoisotopic (exact) mass is 520 g/mol. The molecule has 1 aromatic carbocycles. The van der Waals surface area contributed by atoms with Gasteiger partial charge in [-0.1, -0.05) is 15.9 Å². The van der Waals surface area contributed by atoms with Crippen molar-refractivity contribution >= 4 is 59.0 Å². The Bertz CT molecular complexity index is 874. The molecule has 2 aromatic rings. The molecule has 0 N–H and O–H groups in total. The standard InChI is InChI=1S/C17H18Br2N2O3S2/c18-13-1-3-14(4-2-13)26(23,24)21-11-9-20(10-12-21)8-7-15(22)16-5-6-17(19)25-16/h1-6H,7-12H2. The summed E-state index contributed by atoms with van der Waals surface area (Å²) in [6.07, 6.45) is 0.451. The summed E-state index contributed by atoms with van der Waals surface area (Å²) in [4.78, 5) is 15.4. The first-order valence-electron chi connectivity index (χ1n) is 8.13. The highest BCUT2D eigenvalue weighted by Crippen LogP contribution is 2.24. The van der Waals surface area contributed by atoms with Gasteiger partial charge in [-0.05, 0) is 52.3 Å². The van der Waals surface area contributed by atoms with Crippen LogP contribution in [0.4, 0.5) is 0 Å². The second-order valence-corrected chi connectivity index (χ2v) is 11.3. The number of thiophene rings is 1. The number of nitrogens with zero attached hydrogens (tertiary/aromatic N) is 2. The molecule has 0 bridgehead atoms.